The minimum absolute atomic E-state index is 0.228. The van der Waals surface area contributed by atoms with Gasteiger partial charge in [0.25, 0.3) is 0 Å². The maximum Gasteiger partial charge on any atom is 0.191 e. The van der Waals surface area contributed by atoms with Crippen molar-refractivity contribution in [3.05, 3.63) is 36.3 Å². The predicted octanol–water partition coefficient (Wildman–Crippen LogP) is 2.38. The number of aromatic nitrogens is 1. The van der Waals surface area contributed by atoms with Crippen LogP contribution in [0.5, 0.6) is 5.75 Å². The van der Waals surface area contributed by atoms with Crippen molar-refractivity contribution in [3.63, 3.8) is 0 Å². The van der Waals surface area contributed by atoms with Gasteiger partial charge in [-0.2, -0.15) is 0 Å². The molecule has 1 aromatic heterocycles. The molecule has 2 rings (SSSR count). The van der Waals surface area contributed by atoms with E-state index < -0.39 is 5.82 Å². The van der Waals surface area contributed by atoms with Crippen LogP contribution in [0, 0.1) is 5.82 Å². The molecule has 0 radical (unpaired) electrons. The molecule has 2 aromatic rings. The zero-order chi connectivity index (χ0) is 9.26. The molecule has 13 heavy (non-hydrogen) atoms. The molecule has 0 bridgehead atoms. The summed E-state index contributed by atoms with van der Waals surface area (Å²) in [7, 11) is 1.44. The first-order valence-electron chi connectivity index (χ1n) is 3.90. The zero-order valence-electron chi connectivity index (χ0n) is 7.12. The summed E-state index contributed by atoms with van der Waals surface area (Å²) in [5, 5.41) is 0.779. The van der Waals surface area contributed by atoms with Gasteiger partial charge >= 0.3 is 0 Å². The first-order valence-corrected chi connectivity index (χ1v) is 3.90. The van der Waals surface area contributed by atoms with Crippen LogP contribution in [-0.4, -0.2) is 12.1 Å². The number of pyridine rings is 1. The lowest BCUT2D eigenvalue weighted by molar-refractivity contribution is 0.388. The van der Waals surface area contributed by atoms with Gasteiger partial charge < -0.3 is 4.74 Å². The molecule has 0 saturated carbocycles. The van der Waals surface area contributed by atoms with Crippen LogP contribution in [-0.2, 0) is 0 Å². The summed E-state index contributed by atoms with van der Waals surface area (Å²) in [5.74, 6) is -0.174. The summed E-state index contributed by atoms with van der Waals surface area (Å²) in [6, 6.07) is 6.96. The Morgan fingerprint density at radius 3 is 2.92 bits per heavy atom. The van der Waals surface area contributed by atoms with Crippen LogP contribution in [0.15, 0.2) is 30.5 Å². The maximum atomic E-state index is 13.5. The van der Waals surface area contributed by atoms with Crippen LogP contribution in [0.3, 0.4) is 0 Å². The lowest BCUT2D eigenvalue weighted by Crippen LogP contribution is -1.90. The molecule has 1 heterocycles. The molecule has 0 N–H and O–H groups in total. The number of benzene rings is 1. The first-order chi connectivity index (χ1) is 6.33. The average Bonchev–Trinajstić information content (AvgIpc) is 2.19. The first kappa shape index (κ1) is 7.98. The number of rotatable bonds is 1. The molecule has 0 fully saturated rings. The normalized spacial score (nSPS) is 10.3. The van der Waals surface area contributed by atoms with E-state index in [0.717, 1.165) is 5.39 Å². The van der Waals surface area contributed by atoms with Crippen molar-refractivity contribution in [3.8, 4) is 5.75 Å². The van der Waals surface area contributed by atoms with Crippen LogP contribution in [0.25, 0.3) is 10.9 Å². The predicted molar refractivity (Wildman–Crippen MR) is 48.3 cm³/mol. The van der Waals surface area contributed by atoms with E-state index in [1.54, 1.807) is 24.4 Å². The van der Waals surface area contributed by atoms with E-state index in [1.165, 1.54) is 7.11 Å². The molecular weight excluding hydrogens is 169 g/mol. The van der Waals surface area contributed by atoms with E-state index in [2.05, 4.69) is 4.98 Å². The molecule has 0 spiro atoms. The van der Waals surface area contributed by atoms with Gasteiger partial charge in [0.05, 0.1) is 7.11 Å². The minimum atomic E-state index is -0.402. The average molecular weight is 177 g/mol. The van der Waals surface area contributed by atoms with Gasteiger partial charge in [-0.3, -0.25) is 4.98 Å². The fourth-order valence-electron chi connectivity index (χ4n) is 1.25. The Bertz CT molecular complexity index is 442. The van der Waals surface area contributed by atoms with Crippen LogP contribution in [0.2, 0.25) is 0 Å². The Hall–Kier alpha value is -1.64. The SMILES string of the molecule is COc1ccc2cccnc2c1F. The Morgan fingerprint density at radius 2 is 2.15 bits per heavy atom. The monoisotopic (exact) mass is 177 g/mol. The quantitative estimate of drug-likeness (QED) is 0.667. The van der Waals surface area contributed by atoms with E-state index in [4.69, 9.17) is 4.74 Å². The van der Waals surface area contributed by atoms with E-state index in [1.807, 2.05) is 6.07 Å². The van der Waals surface area contributed by atoms with Gasteiger partial charge in [-0.15, -0.1) is 0 Å². The highest BCUT2D eigenvalue weighted by atomic mass is 19.1. The highest BCUT2D eigenvalue weighted by Gasteiger charge is 2.07. The number of hydrogen-bond acceptors (Lipinski definition) is 2. The molecule has 3 heteroatoms. The Balaban J connectivity index is 2.79. The van der Waals surface area contributed by atoms with Crippen molar-refractivity contribution in [1.29, 1.82) is 0 Å². The summed E-state index contributed by atoms with van der Waals surface area (Å²) in [5.41, 5.74) is 0.349. The standard InChI is InChI=1S/C10H8FNO/c1-13-8-5-4-7-3-2-6-12-10(7)9(8)11/h2-6H,1H3. The second-order valence-corrected chi connectivity index (χ2v) is 2.66. The molecular formula is C10H8FNO. The summed E-state index contributed by atoms with van der Waals surface area (Å²) < 4.78 is 18.3. The Kier molecular flexibility index (Phi) is 1.85. The third kappa shape index (κ3) is 1.22. The molecule has 0 saturated heterocycles. The minimum Gasteiger partial charge on any atom is -0.494 e. The van der Waals surface area contributed by atoms with E-state index >= 15 is 0 Å². The Labute approximate surface area is 75.0 Å². The lowest BCUT2D eigenvalue weighted by atomic mass is 10.2. The highest BCUT2D eigenvalue weighted by molar-refractivity contribution is 5.80. The van der Waals surface area contributed by atoms with Gasteiger partial charge in [-0.1, -0.05) is 6.07 Å². The molecule has 0 atom stereocenters. The Morgan fingerprint density at radius 1 is 1.31 bits per heavy atom. The zero-order valence-corrected chi connectivity index (χ0v) is 7.12. The smallest absolute Gasteiger partial charge is 0.191 e. The fourth-order valence-corrected chi connectivity index (χ4v) is 1.25. The number of hydrogen-bond donors (Lipinski definition) is 0. The summed E-state index contributed by atoms with van der Waals surface area (Å²) >= 11 is 0. The van der Waals surface area contributed by atoms with E-state index in [0.29, 0.717) is 5.52 Å². The lowest BCUT2D eigenvalue weighted by Gasteiger charge is -2.03. The summed E-state index contributed by atoms with van der Waals surface area (Å²) in [6.07, 6.45) is 1.56. The van der Waals surface area contributed by atoms with Crippen LogP contribution < -0.4 is 4.74 Å². The van der Waals surface area contributed by atoms with Gasteiger partial charge in [0, 0.05) is 11.6 Å². The maximum absolute atomic E-state index is 13.5. The topological polar surface area (TPSA) is 22.1 Å². The van der Waals surface area contributed by atoms with Gasteiger partial charge in [-0.25, -0.2) is 4.39 Å². The van der Waals surface area contributed by atoms with Crippen molar-refractivity contribution in [2.45, 2.75) is 0 Å². The fraction of sp³-hybridized carbons (Fsp3) is 0.100. The van der Waals surface area contributed by atoms with Crippen molar-refractivity contribution >= 4 is 10.9 Å². The van der Waals surface area contributed by atoms with Gasteiger partial charge in [0.2, 0.25) is 0 Å². The largest absolute Gasteiger partial charge is 0.494 e. The summed E-state index contributed by atoms with van der Waals surface area (Å²) in [4.78, 5) is 3.93. The number of halogens is 1. The van der Waals surface area contributed by atoms with Crippen molar-refractivity contribution < 1.29 is 9.13 Å². The van der Waals surface area contributed by atoms with Crippen LogP contribution in [0.4, 0.5) is 4.39 Å². The number of ether oxygens (including phenoxy) is 1. The second-order valence-electron chi connectivity index (χ2n) is 2.66. The van der Waals surface area contributed by atoms with Gasteiger partial charge in [-0.05, 0) is 18.2 Å². The van der Waals surface area contributed by atoms with E-state index in [9.17, 15) is 4.39 Å². The molecule has 0 amide bonds. The molecule has 1 aromatic carbocycles. The third-order valence-corrected chi connectivity index (χ3v) is 1.90. The van der Waals surface area contributed by atoms with Crippen molar-refractivity contribution in [2.24, 2.45) is 0 Å². The van der Waals surface area contributed by atoms with Gasteiger partial charge in [0.1, 0.15) is 5.52 Å². The molecule has 0 aliphatic rings. The molecule has 66 valence electrons. The number of methoxy groups -OCH3 is 1. The molecule has 2 nitrogen and oxygen atoms in total. The number of fused-ring (bicyclic) bond motifs is 1. The van der Waals surface area contributed by atoms with Crippen molar-refractivity contribution in [2.75, 3.05) is 7.11 Å². The molecule has 0 aliphatic carbocycles. The van der Waals surface area contributed by atoms with Crippen LogP contribution in [0.1, 0.15) is 0 Å². The second kappa shape index (κ2) is 3.01. The summed E-state index contributed by atoms with van der Waals surface area (Å²) in [6.45, 7) is 0. The third-order valence-electron chi connectivity index (χ3n) is 1.90. The molecule has 0 unspecified atom stereocenters. The van der Waals surface area contributed by atoms with Crippen molar-refractivity contribution in [1.82, 2.24) is 4.98 Å². The number of nitrogens with zero attached hydrogens (tertiary/aromatic N) is 1. The molecule has 0 aliphatic heterocycles. The highest BCUT2D eigenvalue weighted by Crippen LogP contribution is 2.23. The van der Waals surface area contributed by atoms with Crippen LogP contribution >= 0.6 is 0 Å². The van der Waals surface area contributed by atoms with E-state index in [-0.39, 0.29) is 5.75 Å². The van der Waals surface area contributed by atoms with Gasteiger partial charge in [0.15, 0.2) is 11.6 Å².